The standard InChI is InChI=1S/C24H16Cl4F2N2O2/c25-15-6-14(7-16(26)9-15)21-23(12-33,24(21,27)28)11-31-18-3-1-2-13(8-18)22(34)32-20-5-4-17(29)10-19(20)30/h1-10,12,21,31H,11H2,(H,32,34). The fourth-order valence-corrected chi connectivity index (χ4v) is 5.45. The third-order valence-corrected chi connectivity index (χ3v) is 7.31. The molecule has 34 heavy (non-hydrogen) atoms. The molecule has 2 N–H and O–H groups in total. The Balaban J connectivity index is 1.50. The number of nitrogens with one attached hydrogen (secondary N) is 2. The summed E-state index contributed by atoms with van der Waals surface area (Å²) in [7, 11) is 0. The van der Waals surface area contributed by atoms with Crippen molar-refractivity contribution in [2.75, 3.05) is 17.2 Å². The zero-order valence-corrected chi connectivity index (χ0v) is 20.2. The van der Waals surface area contributed by atoms with Crippen LogP contribution in [0.3, 0.4) is 0 Å². The first-order chi connectivity index (χ1) is 16.1. The van der Waals surface area contributed by atoms with Gasteiger partial charge in [0.2, 0.25) is 0 Å². The van der Waals surface area contributed by atoms with Crippen LogP contribution in [0.5, 0.6) is 0 Å². The molecule has 0 saturated heterocycles. The molecule has 0 bridgehead atoms. The number of hydrogen-bond donors (Lipinski definition) is 2. The lowest BCUT2D eigenvalue weighted by Gasteiger charge is -2.15. The summed E-state index contributed by atoms with van der Waals surface area (Å²) in [6.07, 6.45) is 0.702. The molecule has 10 heteroatoms. The molecule has 1 aliphatic carbocycles. The van der Waals surface area contributed by atoms with Crippen LogP contribution in [-0.2, 0) is 4.79 Å². The molecule has 4 nitrogen and oxygen atoms in total. The number of rotatable bonds is 7. The van der Waals surface area contributed by atoms with E-state index in [9.17, 15) is 18.4 Å². The van der Waals surface area contributed by atoms with Crippen LogP contribution in [0.4, 0.5) is 20.2 Å². The number of benzene rings is 3. The smallest absolute Gasteiger partial charge is 0.255 e. The van der Waals surface area contributed by atoms with Crippen LogP contribution in [0.1, 0.15) is 21.8 Å². The van der Waals surface area contributed by atoms with Gasteiger partial charge in [-0.05, 0) is 54.1 Å². The molecule has 3 aromatic rings. The van der Waals surface area contributed by atoms with E-state index in [1.54, 1.807) is 30.3 Å². The number of carbonyl (C=O) groups is 2. The van der Waals surface area contributed by atoms with Gasteiger partial charge < -0.3 is 15.4 Å². The number of anilines is 2. The molecule has 1 saturated carbocycles. The van der Waals surface area contributed by atoms with Gasteiger partial charge in [-0.25, -0.2) is 8.78 Å². The highest BCUT2D eigenvalue weighted by atomic mass is 35.5. The molecule has 0 aromatic heterocycles. The summed E-state index contributed by atoms with van der Waals surface area (Å²) in [4.78, 5) is 24.7. The lowest BCUT2D eigenvalue weighted by molar-refractivity contribution is -0.112. The molecule has 1 aliphatic rings. The van der Waals surface area contributed by atoms with Crippen molar-refractivity contribution in [3.8, 4) is 0 Å². The summed E-state index contributed by atoms with van der Waals surface area (Å²) in [6.45, 7) is 0.0654. The van der Waals surface area contributed by atoms with Crippen molar-refractivity contribution in [3.63, 3.8) is 0 Å². The largest absolute Gasteiger partial charge is 0.384 e. The summed E-state index contributed by atoms with van der Waals surface area (Å²) < 4.78 is 25.6. The highest BCUT2D eigenvalue weighted by molar-refractivity contribution is 6.54. The Morgan fingerprint density at radius 3 is 2.35 bits per heavy atom. The van der Waals surface area contributed by atoms with Crippen LogP contribution in [0.25, 0.3) is 0 Å². The molecule has 0 heterocycles. The van der Waals surface area contributed by atoms with Crippen LogP contribution in [-0.4, -0.2) is 23.1 Å². The first-order valence-electron chi connectivity index (χ1n) is 9.98. The number of aldehydes is 1. The van der Waals surface area contributed by atoms with E-state index in [-0.39, 0.29) is 17.8 Å². The first-order valence-corrected chi connectivity index (χ1v) is 11.5. The highest BCUT2D eigenvalue weighted by Crippen LogP contribution is 2.73. The molecule has 3 aromatic carbocycles. The molecule has 0 spiro atoms. The van der Waals surface area contributed by atoms with Crippen LogP contribution in [0.15, 0.2) is 60.7 Å². The van der Waals surface area contributed by atoms with Crippen LogP contribution in [0.2, 0.25) is 10.0 Å². The number of amides is 1. The maximum atomic E-state index is 13.9. The molecule has 4 rings (SSSR count). The van der Waals surface area contributed by atoms with Crippen molar-refractivity contribution in [1.29, 1.82) is 0 Å². The molecule has 1 fully saturated rings. The lowest BCUT2D eigenvalue weighted by Crippen LogP contribution is -2.23. The van der Waals surface area contributed by atoms with E-state index in [0.29, 0.717) is 33.6 Å². The van der Waals surface area contributed by atoms with Gasteiger partial charge in [0.15, 0.2) is 0 Å². The van der Waals surface area contributed by atoms with Crippen molar-refractivity contribution in [2.45, 2.75) is 10.3 Å². The average Bonchev–Trinajstić information content (AvgIpc) is 3.28. The van der Waals surface area contributed by atoms with Gasteiger partial charge in [0.1, 0.15) is 22.3 Å². The summed E-state index contributed by atoms with van der Waals surface area (Å²) in [5.74, 6) is -2.80. The second-order valence-corrected chi connectivity index (χ2v) is 10.2. The Morgan fingerprint density at radius 2 is 1.71 bits per heavy atom. The monoisotopic (exact) mass is 542 g/mol. The van der Waals surface area contributed by atoms with Crippen molar-refractivity contribution in [2.24, 2.45) is 5.41 Å². The molecule has 176 valence electrons. The predicted molar refractivity (Wildman–Crippen MR) is 131 cm³/mol. The molecule has 0 aliphatic heterocycles. The minimum absolute atomic E-state index is 0.0654. The van der Waals surface area contributed by atoms with Gasteiger partial charge in [-0.15, -0.1) is 0 Å². The fraction of sp³-hybridized carbons (Fsp3) is 0.167. The zero-order chi connectivity index (χ0) is 24.7. The Bertz CT molecular complexity index is 1270. The van der Waals surface area contributed by atoms with Crippen molar-refractivity contribution < 1.29 is 18.4 Å². The second-order valence-electron chi connectivity index (χ2n) is 7.93. The number of halogens is 6. The number of carbonyl (C=O) groups excluding carboxylic acids is 2. The topological polar surface area (TPSA) is 58.2 Å². The quantitative estimate of drug-likeness (QED) is 0.247. The van der Waals surface area contributed by atoms with E-state index in [4.69, 9.17) is 46.4 Å². The zero-order valence-electron chi connectivity index (χ0n) is 17.2. The Kier molecular flexibility index (Phi) is 6.80. The molecular formula is C24H16Cl4F2N2O2. The van der Waals surface area contributed by atoms with Gasteiger partial charge >= 0.3 is 0 Å². The third kappa shape index (κ3) is 4.60. The lowest BCUT2D eigenvalue weighted by atomic mass is 10.00. The van der Waals surface area contributed by atoms with E-state index in [2.05, 4.69) is 10.6 Å². The molecule has 1 amide bonds. The molecule has 2 unspecified atom stereocenters. The van der Waals surface area contributed by atoms with Crippen molar-refractivity contribution >= 4 is 70.0 Å². The van der Waals surface area contributed by atoms with E-state index in [1.165, 1.54) is 12.1 Å². The average molecular weight is 544 g/mol. The second kappa shape index (κ2) is 9.34. The Hall–Kier alpha value is -2.38. The molecule has 2 atom stereocenters. The molecule has 0 radical (unpaired) electrons. The SMILES string of the molecule is O=CC1(CNc2cccc(C(=O)Nc3ccc(F)cc3F)c2)C(c2cc(Cl)cc(Cl)c2)C1(Cl)Cl. The van der Waals surface area contributed by atoms with E-state index >= 15 is 0 Å². The van der Waals surface area contributed by atoms with Crippen LogP contribution in [0, 0.1) is 17.0 Å². The number of hydrogen-bond acceptors (Lipinski definition) is 3. The molecular weight excluding hydrogens is 528 g/mol. The van der Waals surface area contributed by atoms with Crippen molar-refractivity contribution in [1.82, 2.24) is 0 Å². The third-order valence-electron chi connectivity index (χ3n) is 5.73. The van der Waals surface area contributed by atoms with Crippen LogP contribution < -0.4 is 10.6 Å². The highest BCUT2D eigenvalue weighted by Gasteiger charge is 2.76. The van der Waals surface area contributed by atoms with Crippen molar-refractivity contribution in [3.05, 3.63) is 93.5 Å². The van der Waals surface area contributed by atoms with E-state index in [1.807, 2.05) is 0 Å². The number of alkyl halides is 2. The maximum absolute atomic E-state index is 13.9. The normalized spacial score (nSPS) is 20.5. The summed E-state index contributed by atoms with van der Waals surface area (Å²) in [5, 5.41) is 6.27. The Morgan fingerprint density at radius 1 is 1.00 bits per heavy atom. The summed E-state index contributed by atoms with van der Waals surface area (Å²) in [5.41, 5.74) is 0.0309. The van der Waals surface area contributed by atoms with Gasteiger partial charge in [0.05, 0.1) is 11.1 Å². The fourth-order valence-electron chi connectivity index (χ4n) is 3.94. The van der Waals surface area contributed by atoms with Gasteiger partial charge in [-0.1, -0.05) is 52.5 Å². The minimum Gasteiger partial charge on any atom is -0.384 e. The van der Waals surface area contributed by atoms with E-state index in [0.717, 1.165) is 12.1 Å². The van der Waals surface area contributed by atoms with Gasteiger partial charge in [-0.3, -0.25) is 4.79 Å². The summed E-state index contributed by atoms with van der Waals surface area (Å²) in [6, 6.07) is 14.1. The van der Waals surface area contributed by atoms with Gasteiger partial charge in [0, 0.05) is 39.8 Å². The van der Waals surface area contributed by atoms with E-state index < -0.39 is 33.2 Å². The Labute approximate surface area is 214 Å². The maximum Gasteiger partial charge on any atom is 0.255 e. The van der Waals surface area contributed by atoms with Crippen LogP contribution >= 0.6 is 46.4 Å². The van der Waals surface area contributed by atoms with Gasteiger partial charge in [0.25, 0.3) is 5.91 Å². The predicted octanol–water partition coefficient (Wildman–Crippen LogP) is 7.09. The van der Waals surface area contributed by atoms with Gasteiger partial charge in [-0.2, -0.15) is 0 Å². The summed E-state index contributed by atoms with van der Waals surface area (Å²) >= 11 is 25.2. The first kappa shape index (κ1) is 24.7. The minimum atomic E-state index is -1.40.